The third-order valence-electron chi connectivity index (χ3n) is 5.47. The first-order chi connectivity index (χ1) is 14.9. The van der Waals surface area contributed by atoms with Crippen molar-refractivity contribution >= 4 is 0 Å². The summed E-state index contributed by atoms with van der Waals surface area (Å²) < 4.78 is 11.6. The Hall–Kier alpha value is -3.36. The van der Waals surface area contributed by atoms with Gasteiger partial charge in [0.15, 0.2) is 0 Å². The lowest BCUT2D eigenvalue weighted by molar-refractivity contribution is 0.261. The molecule has 4 aromatic rings. The van der Waals surface area contributed by atoms with Crippen LogP contribution in [0.25, 0.3) is 22.3 Å². The summed E-state index contributed by atoms with van der Waals surface area (Å²) in [5, 5.41) is 0. The van der Waals surface area contributed by atoms with Gasteiger partial charge in [0.1, 0.15) is 18.5 Å². The Labute approximate surface area is 177 Å². The molecule has 1 saturated heterocycles. The van der Waals surface area contributed by atoms with Gasteiger partial charge in [-0.1, -0.05) is 97.1 Å². The van der Waals surface area contributed by atoms with Crippen molar-refractivity contribution in [2.24, 2.45) is 0 Å². The van der Waals surface area contributed by atoms with Crippen LogP contribution in [-0.2, 0) is 11.2 Å². The maximum atomic E-state index is 6.26. The molecule has 4 aromatic carbocycles. The molecule has 0 saturated carbocycles. The van der Waals surface area contributed by atoms with Gasteiger partial charge in [-0.05, 0) is 33.9 Å². The molecular weight excluding hydrogens is 368 g/mol. The molecule has 2 heteroatoms. The molecule has 1 aliphatic heterocycles. The fourth-order valence-corrected chi connectivity index (χ4v) is 3.88. The van der Waals surface area contributed by atoms with Gasteiger partial charge in [0.05, 0.1) is 6.61 Å². The van der Waals surface area contributed by atoms with E-state index in [9.17, 15) is 0 Å². The maximum Gasteiger partial charge on any atom is 0.123 e. The van der Waals surface area contributed by atoms with Crippen molar-refractivity contribution in [1.82, 2.24) is 0 Å². The van der Waals surface area contributed by atoms with Gasteiger partial charge in [0.2, 0.25) is 0 Å². The number of hydrogen-bond acceptors (Lipinski definition) is 2. The topological polar surface area (TPSA) is 21.8 Å². The second kappa shape index (κ2) is 8.56. The van der Waals surface area contributed by atoms with E-state index in [0.29, 0.717) is 6.61 Å². The predicted octanol–water partition coefficient (Wildman–Crippen LogP) is 6.39. The first kappa shape index (κ1) is 18.7. The Morgan fingerprint density at radius 1 is 0.700 bits per heavy atom. The lowest BCUT2D eigenvalue weighted by Gasteiger charge is -2.20. The summed E-state index contributed by atoms with van der Waals surface area (Å²) in [6, 6.07) is 36.1. The van der Waals surface area contributed by atoms with Crippen molar-refractivity contribution in [3.05, 3.63) is 114 Å². The molecule has 2 nitrogen and oxygen atoms in total. The van der Waals surface area contributed by atoms with Crippen LogP contribution in [0.5, 0.6) is 5.75 Å². The molecule has 1 fully saturated rings. The van der Waals surface area contributed by atoms with Crippen molar-refractivity contribution in [3.63, 3.8) is 0 Å². The van der Waals surface area contributed by atoms with E-state index in [0.717, 1.165) is 18.8 Å². The first-order valence-corrected chi connectivity index (χ1v) is 10.4. The van der Waals surface area contributed by atoms with Gasteiger partial charge in [0.25, 0.3) is 0 Å². The highest BCUT2D eigenvalue weighted by Crippen LogP contribution is 2.40. The maximum absolute atomic E-state index is 6.26. The van der Waals surface area contributed by atoms with E-state index in [2.05, 4.69) is 103 Å². The highest BCUT2D eigenvalue weighted by atomic mass is 16.6. The predicted molar refractivity (Wildman–Crippen MR) is 122 cm³/mol. The van der Waals surface area contributed by atoms with Crippen molar-refractivity contribution in [3.8, 4) is 28.0 Å². The molecule has 1 unspecified atom stereocenters. The molecule has 1 aliphatic rings. The van der Waals surface area contributed by atoms with Crippen LogP contribution < -0.4 is 4.74 Å². The Balaban J connectivity index is 1.69. The van der Waals surface area contributed by atoms with Crippen LogP contribution in [0.15, 0.2) is 103 Å². The van der Waals surface area contributed by atoms with Crippen LogP contribution in [-0.4, -0.2) is 19.3 Å². The van der Waals surface area contributed by atoms with Gasteiger partial charge in [0, 0.05) is 12.0 Å². The molecule has 0 aromatic heterocycles. The Kier molecular flexibility index (Phi) is 5.32. The molecule has 0 radical (unpaired) electrons. The molecule has 0 bridgehead atoms. The molecule has 0 amide bonds. The fourth-order valence-electron chi connectivity index (χ4n) is 3.88. The smallest absolute Gasteiger partial charge is 0.123 e. The van der Waals surface area contributed by atoms with Gasteiger partial charge >= 0.3 is 0 Å². The van der Waals surface area contributed by atoms with Crippen molar-refractivity contribution in [1.29, 1.82) is 0 Å². The average Bonchev–Trinajstić information content (AvgIpc) is 3.64. The fraction of sp³-hybridized carbons (Fsp3) is 0.143. The van der Waals surface area contributed by atoms with Crippen LogP contribution in [0.3, 0.4) is 0 Å². The largest absolute Gasteiger partial charge is 0.490 e. The summed E-state index contributed by atoms with van der Waals surface area (Å²) in [7, 11) is 0. The van der Waals surface area contributed by atoms with Crippen molar-refractivity contribution in [2.75, 3.05) is 13.2 Å². The van der Waals surface area contributed by atoms with E-state index in [1.54, 1.807) is 0 Å². The lowest BCUT2D eigenvalue weighted by atomic mass is 9.87. The summed E-state index contributed by atoms with van der Waals surface area (Å²) in [5.41, 5.74) is 7.36. The number of epoxide rings is 1. The third-order valence-corrected chi connectivity index (χ3v) is 5.47. The monoisotopic (exact) mass is 392 g/mol. The normalized spacial score (nSPS) is 15.0. The average molecular weight is 392 g/mol. The minimum absolute atomic E-state index is 0.226. The van der Waals surface area contributed by atoms with E-state index in [1.807, 2.05) is 0 Å². The second-order valence-electron chi connectivity index (χ2n) is 7.63. The number of ether oxygens (including phenoxy) is 2. The van der Waals surface area contributed by atoms with Gasteiger partial charge in [-0.2, -0.15) is 0 Å². The van der Waals surface area contributed by atoms with E-state index >= 15 is 0 Å². The zero-order chi connectivity index (χ0) is 20.2. The Morgan fingerprint density at radius 2 is 1.30 bits per heavy atom. The number of benzene rings is 4. The Bertz CT molecular complexity index is 1100. The summed E-state index contributed by atoms with van der Waals surface area (Å²) >= 11 is 0. The zero-order valence-corrected chi connectivity index (χ0v) is 16.8. The summed E-state index contributed by atoms with van der Waals surface area (Å²) in [6.45, 7) is 1.39. The van der Waals surface area contributed by atoms with E-state index in [4.69, 9.17) is 9.47 Å². The molecule has 1 heterocycles. The standard InChI is InChI=1S/C28H24O2/c1-4-10-21(11-5-1)18-26-27(30-20-24-19-29-24)17-16-25(22-12-6-2-7-13-22)28(26)23-14-8-3-9-15-23/h1-17,24H,18-20H2. The SMILES string of the molecule is c1ccc(Cc2c(OCC3CO3)ccc(-c3ccccc3)c2-c2ccccc2)cc1. The van der Waals surface area contributed by atoms with Crippen LogP contribution in [0.4, 0.5) is 0 Å². The van der Waals surface area contributed by atoms with Crippen LogP contribution in [0.2, 0.25) is 0 Å². The van der Waals surface area contributed by atoms with Gasteiger partial charge in [-0.15, -0.1) is 0 Å². The molecule has 5 rings (SSSR count). The molecule has 0 aliphatic carbocycles. The second-order valence-corrected chi connectivity index (χ2v) is 7.63. The van der Waals surface area contributed by atoms with Crippen molar-refractivity contribution in [2.45, 2.75) is 12.5 Å². The minimum Gasteiger partial charge on any atom is -0.490 e. The zero-order valence-electron chi connectivity index (χ0n) is 16.8. The highest BCUT2D eigenvalue weighted by Gasteiger charge is 2.25. The first-order valence-electron chi connectivity index (χ1n) is 10.4. The molecule has 30 heavy (non-hydrogen) atoms. The Morgan fingerprint density at radius 3 is 1.93 bits per heavy atom. The number of rotatable bonds is 7. The van der Waals surface area contributed by atoms with Gasteiger partial charge < -0.3 is 9.47 Å². The molecule has 0 spiro atoms. The number of hydrogen-bond donors (Lipinski definition) is 0. The van der Waals surface area contributed by atoms with Crippen LogP contribution in [0.1, 0.15) is 11.1 Å². The molecule has 1 atom stereocenters. The van der Waals surface area contributed by atoms with Crippen LogP contribution >= 0.6 is 0 Å². The van der Waals surface area contributed by atoms with E-state index < -0.39 is 0 Å². The summed E-state index contributed by atoms with van der Waals surface area (Å²) in [4.78, 5) is 0. The molecular formula is C28H24O2. The summed E-state index contributed by atoms with van der Waals surface area (Å²) in [5.74, 6) is 0.938. The highest BCUT2D eigenvalue weighted by molar-refractivity contribution is 5.87. The van der Waals surface area contributed by atoms with Crippen molar-refractivity contribution < 1.29 is 9.47 Å². The van der Waals surface area contributed by atoms with E-state index in [-0.39, 0.29) is 6.10 Å². The molecule has 148 valence electrons. The summed E-state index contributed by atoms with van der Waals surface area (Å²) in [6.07, 6.45) is 1.04. The van der Waals surface area contributed by atoms with Gasteiger partial charge in [-0.25, -0.2) is 0 Å². The lowest BCUT2D eigenvalue weighted by Crippen LogP contribution is -2.07. The van der Waals surface area contributed by atoms with Gasteiger partial charge in [-0.3, -0.25) is 0 Å². The van der Waals surface area contributed by atoms with E-state index in [1.165, 1.54) is 33.4 Å². The quantitative estimate of drug-likeness (QED) is 0.340. The third kappa shape index (κ3) is 4.14. The van der Waals surface area contributed by atoms with Crippen LogP contribution in [0, 0.1) is 0 Å². The minimum atomic E-state index is 0.226. The molecule has 0 N–H and O–H groups in total.